The van der Waals surface area contributed by atoms with Crippen molar-refractivity contribution < 1.29 is 18.8 Å². The number of fused-ring (bicyclic) bond motifs is 1. The maximum absolute atomic E-state index is 12.9. The summed E-state index contributed by atoms with van der Waals surface area (Å²) in [6.45, 7) is 4.26. The molecular weight excluding hydrogens is 370 g/mol. The van der Waals surface area contributed by atoms with Crippen molar-refractivity contribution in [2.75, 3.05) is 16.8 Å². The number of rotatable bonds is 4. The highest BCUT2D eigenvalue weighted by Crippen LogP contribution is 2.32. The van der Waals surface area contributed by atoms with Gasteiger partial charge in [0.05, 0.1) is 5.92 Å². The van der Waals surface area contributed by atoms with Crippen LogP contribution >= 0.6 is 0 Å². The van der Waals surface area contributed by atoms with Gasteiger partial charge in [0.25, 0.3) is 5.91 Å². The largest absolute Gasteiger partial charge is 0.449 e. The Hall–Kier alpha value is -3.61. The summed E-state index contributed by atoms with van der Waals surface area (Å²) in [7, 11) is 0. The number of anilines is 2. The van der Waals surface area contributed by atoms with Gasteiger partial charge in [-0.2, -0.15) is 0 Å². The molecule has 3 N–H and O–H groups in total. The minimum atomic E-state index is -0.768. The van der Waals surface area contributed by atoms with Gasteiger partial charge in [0, 0.05) is 24.0 Å². The molecule has 0 aliphatic carbocycles. The van der Waals surface area contributed by atoms with Gasteiger partial charge in [-0.25, -0.2) is 0 Å². The van der Waals surface area contributed by atoms with Crippen LogP contribution in [0.25, 0.3) is 11.0 Å². The summed E-state index contributed by atoms with van der Waals surface area (Å²) in [4.78, 5) is 38.8. The number of hydrogen-bond acceptors (Lipinski definition) is 4. The average molecular weight is 391 g/mol. The fraction of sp³-hybridized carbons (Fsp3) is 0.227. The predicted octanol–water partition coefficient (Wildman–Crippen LogP) is 3.14. The quantitative estimate of drug-likeness (QED) is 0.713. The summed E-state index contributed by atoms with van der Waals surface area (Å²) in [6, 6.07) is 12.8. The monoisotopic (exact) mass is 391 g/mol. The first kappa shape index (κ1) is 18.7. The number of carbonyl (C=O) groups excluding carboxylic acids is 3. The van der Waals surface area contributed by atoms with E-state index in [1.54, 1.807) is 29.2 Å². The zero-order chi connectivity index (χ0) is 20.7. The Bertz CT molecular complexity index is 1150. The number of para-hydroxylation sites is 1. The van der Waals surface area contributed by atoms with Gasteiger partial charge in [-0.3, -0.25) is 14.4 Å². The molecule has 3 aromatic rings. The van der Waals surface area contributed by atoms with E-state index in [1.165, 1.54) is 0 Å². The van der Waals surface area contributed by atoms with Crippen molar-refractivity contribution >= 4 is 40.1 Å². The Labute approximate surface area is 167 Å². The van der Waals surface area contributed by atoms with E-state index in [0.717, 1.165) is 16.8 Å². The lowest BCUT2D eigenvalue weighted by molar-refractivity contribution is -0.122. The van der Waals surface area contributed by atoms with Gasteiger partial charge in [-0.05, 0) is 49.2 Å². The van der Waals surface area contributed by atoms with E-state index in [9.17, 15) is 14.4 Å². The molecule has 1 atom stereocenters. The van der Waals surface area contributed by atoms with E-state index < -0.39 is 11.8 Å². The summed E-state index contributed by atoms with van der Waals surface area (Å²) < 4.78 is 5.49. The number of amides is 3. The minimum Gasteiger partial charge on any atom is -0.449 e. The lowest BCUT2D eigenvalue weighted by Gasteiger charge is -2.18. The lowest BCUT2D eigenvalue weighted by atomic mass is 10.1. The molecule has 0 bridgehead atoms. The highest BCUT2D eigenvalue weighted by molar-refractivity contribution is 6.12. The molecule has 7 heteroatoms. The Morgan fingerprint density at radius 3 is 2.62 bits per heavy atom. The van der Waals surface area contributed by atoms with Crippen molar-refractivity contribution in [2.45, 2.75) is 20.3 Å². The van der Waals surface area contributed by atoms with E-state index >= 15 is 0 Å². The van der Waals surface area contributed by atoms with E-state index in [-0.39, 0.29) is 36.2 Å². The summed E-state index contributed by atoms with van der Waals surface area (Å²) in [5.41, 5.74) is 9.11. The van der Waals surface area contributed by atoms with E-state index in [0.29, 0.717) is 11.0 Å². The van der Waals surface area contributed by atoms with Crippen molar-refractivity contribution in [3.63, 3.8) is 0 Å². The van der Waals surface area contributed by atoms with Crippen LogP contribution < -0.4 is 16.0 Å². The number of primary amides is 1. The van der Waals surface area contributed by atoms with Crippen LogP contribution in [0.1, 0.15) is 28.1 Å². The van der Waals surface area contributed by atoms with Gasteiger partial charge in [0.15, 0.2) is 0 Å². The highest BCUT2D eigenvalue weighted by atomic mass is 16.3. The molecule has 4 rings (SSSR count). The molecule has 1 saturated heterocycles. The first-order chi connectivity index (χ1) is 13.8. The van der Waals surface area contributed by atoms with Gasteiger partial charge in [0.2, 0.25) is 17.6 Å². The Balaban J connectivity index is 1.58. The third-order valence-electron chi connectivity index (χ3n) is 5.37. The molecule has 0 unspecified atom stereocenters. The van der Waals surface area contributed by atoms with E-state index in [2.05, 4.69) is 5.32 Å². The fourth-order valence-electron chi connectivity index (χ4n) is 3.59. The van der Waals surface area contributed by atoms with Crippen molar-refractivity contribution in [2.24, 2.45) is 11.7 Å². The number of nitrogens with zero attached hydrogens (tertiary/aromatic N) is 1. The van der Waals surface area contributed by atoms with Crippen LogP contribution in [0.5, 0.6) is 0 Å². The minimum absolute atomic E-state index is 0.0977. The molecule has 2 heterocycles. The van der Waals surface area contributed by atoms with Gasteiger partial charge >= 0.3 is 0 Å². The molecule has 2 aromatic carbocycles. The van der Waals surface area contributed by atoms with Crippen molar-refractivity contribution in [3.8, 4) is 0 Å². The SMILES string of the molecule is Cc1ccc(N2C[C@@H](C(=O)Nc3c(C(N)=O)oc4ccccc34)CC2=O)cc1C. The average Bonchev–Trinajstić information content (AvgIpc) is 3.25. The molecule has 0 spiro atoms. The molecule has 7 nitrogen and oxygen atoms in total. The van der Waals surface area contributed by atoms with Crippen LogP contribution in [0.4, 0.5) is 11.4 Å². The molecule has 3 amide bonds. The molecule has 1 fully saturated rings. The molecule has 1 aliphatic rings. The maximum Gasteiger partial charge on any atom is 0.286 e. The first-order valence-electron chi connectivity index (χ1n) is 9.35. The van der Waals surface area contributed by atoms with Crippen LogP contribution in [0.2, 0.25) is 0 Å². The summed E-state index contributed by atoms with van der Waals surface area (Å²) in [6.07, 6.45) is 0.0977. The number of benzene rings is 2. The molecule has 29 heavy (non-hydrogen) atoms. The van der Waals surface area contributed by atoms with Gasteiger partial charge < -0.3 is 20.4 Å². The lowest BCUT2D eigenvalue weighted by Crippen LogP contribution is -2.28. The second-order valence-corrected chi connectivity index (χ2v) is 7.33. The zero-order valence-electron chi connectivity index (χ0n) is 16.2. The number of furan rings is 1. The molecule has 0 saturated carbocycles. The first-order valence-corrected chi connectivity index (χ1v) is 9.35. The van der Waals surface area contributed by atoms with E-state index in [1.807, 2.05) is 32.0 Å². The van der Waals surface area contributed by atoms with Crippen molar-refractivity contribution in [1.29, 1.82) is 0 Å². The Kier molecular flexibility index (Phi) is 4.58. The van der Waals surface area contributed by atoms with Crippen LogP contribution in [-0.4, -0.2) is 24.3 Å². The summed E-state index contributed by atoms with van der Waals surface area (Å²) in [5, 5.41) is 3.35. The standard InChI is InChI=1S/C22H21N3O4/c1-12-7-8-15(9-13(12)2)25-11-14(10-18(25)26)22(28)24-19-16-5-3-4-6-17(16)29-20(19)21(23)27/h3-9,14H,10-11H2,1-2H3,(H2,23,27)(H,24,28)/t14-/m0/s1. The molecule has 1 aliphatic heterocycles. The third kappa shape index (κ3) is 3.35. The highest BCUT2D eigenvalue weighted by Gasteiger charge is 2.36. The van der Waals surface area contributed by atoms with E-state index in [4.69, 9.17) is 10.2 Å². The number of hydrogen-bond donors (Lipinski definition) is 2. The second-order valence-electron chi connectivity index (χ2n) is 7.33. The van der Waals surface area contributed by atoms with Crippen LogP contribution in [0, 0.1) is 19.8 Å². The molecule has 148 valence electrons. The normalized spacial score (nSPS) is 16.4. The van der Waals surface area contributed by atoms with Crippen LogP contribution in [-0.2, 0) is 9.59 Å². The number of carbonyl (C=O) groups is 3. The Morgan fingerprint density at radius 1 is 1.14 bits per heavy atom. The maximum atomic E-state index is 12.9. The van der Waals surface area contributed by atoms with Crippen LogP contribution in [0.3, 0.4) is 0 Å². The zero-order valence-corrected chi connectivity index (χ0v) is 16.2. The Morgan fingerprint density at radius 2 is 1.90 bits per heavy atom. The van der Waals surface area contributed by atoms with Gasteiger partial charge in [0.1, 0.15) is 11.3 Å². The van der Waals surface area contributed by atoms with Crippen molar-refractivity contribution in [3.05, 3.63) is 59.4 Å². The van der Waals surface area contributed by atoms with Crippen molar-refractivity contribution in [1.82, 2.24) is 0 Å². The van der Waals surface area contributed by atoms with Gasteiger partial charge in [-0.15, -0.1) is 0 Å². The van der Waals surface area contributed by atoms with Crippen LogP contribution in [0.15, 0.2) is 46.9 Å². The summed E-state index contributed by atoms with van der Waals surface area (Å²) >= 11 is 0. The number of nitrogens with two attached hydrogens (primary N) is 1. The predicted molar refractivity (Wildman–Crippen MR) is 110 cm³/mol. The number of aryl methyl sites for hydroxylation is 2. The second kappa shape index (κ2) is 7.09. The van der Waals surface area contributed by atoms with Gasteiger partial charge in [-0.1, -0.05) is 18.2 Å². The molecular formula is C22H21N3O4. The number of nitrogens with one attached hydrogen (secondary N) is 1. The molecule has 0 radical (unpaired) electrons. The fourth-order valence-corrected chi connectivity index (χ4v) is 3.59. The smallest absolute Gasteiger partial charge is 0.286 e. The summed E-state index contributed by atoms with van der Waals surface area (Å²) in [5.74, 6) is -1.87. The topological polar surface area (TPSA) is 106 Å². The molecule has 1 aromatic heterocycles. The third-order valence-corrected chi connectivity index (χ3v) is 5.37.